The van der Waals surface area contributed by atoms with Crippen molar-refractivity contribution in [3.8, 4) is 0 Å². The molecule has 2 saturated heterocycles. The van der Waals surface area contributed by atoms with Crippen molar-refractivity contribution in [2.45, 2.75) is 38.3 Å². The largest absolute Gasteiger partial charge is 0.381 e. The van der Waals surface area contributed by atoms with Crippen LogP contribution in [0.5, 0.6) is 0 Å². The third-order valence-corrected chi connectivity index (χ3v) is 3.55. The van der Waals surface area contributed by atoms with Crippen molar-refractivity contribution in [3.63, 3.8) is 0 Å². The van der Waals surface area contributed by atoms with E-state index in [1.54, 1.807) is 0 Å². The van der Waals surface area contributed by atoms with Crippen molar-refractivity contribution < 1.29 is 4.74 Å². The van der Waals surface area contributed by atoms with E-state index < -0.39 is 0 Å². The zero-order valence-corrected chi connectivity index (χ0v) is 9.11. The van der Waals surface area contributed by atoms with Crippen LogP contribution in [0.15, 0.2) is 0 Å². The minimum absolute atomic E-state index is 0.402. The van der Waals surface area contributed by atoms with Crippen LogP contribution in [-0.2, 0) is 4.74 Å². The van der Waals surface area contributed by atoms with E-state index in [9.17, 15) is 0 Å². The van der Waals surface area contributed by atoms with Crippen LogP contribution in [0.3, 0.4) is 0 Å². The van der Waals surface area contributed by atoms with E-state index in [1.807, 2.05) is 0 Å². The van der Waals surface area contributed by atoms with Crippen molar-refractivity contribution in [1.82, 2.24) is 4.90 Å². The lowest BCUT2D eigenvalue weighted by molar-refractivity contribution is -0.0139. The zero-order valence-electron chi connectivity index (χ0n) is 9.11. The highest BCUT2D eigenvalue weighted by atomic mass is 16.5. The lowest BCUT2D eigenvalue weighted by Crippen LogP contribution is -2.52. The van der Waals surface area contributed by atoms with Crippen LogP contribution in [0.25, 0.3) is 0 Å². The Hall–Kier alpha value is -0.120. The van der Waals surface area contributed by atoms with Gasteiger partial charge in [-0.1, -0.05) is 6.92 Å². The molecule has 0 aromatic heterocycles. The molecule has 0 aliphatic carbocycles. The van der Waals surface area contributed by atoms with Gasteiger partial charge in [-0.15, -0.1) is 0 Å². The molecule has 2 aliphatic heterocycles. The van der Waals surface area contributed by atoms with Crippen LogP contribution in [-0.4, -0.2) is 43.3 Å². The monoisotopic (exact) mass is 198 g/mol. The summed E-state index contributed by atoms with van der Waals surface area (Å²) in [5.74, 6) is 0.675. The second-order valence-electron chi connectivity index (χ2n) is 4.81. The summed E-state index contributed by atoms with van der Waals surface area (Å²) in [5.41, 5.74) is 6.00. The normalized spacial score (nSPS) is 41.1. The Labute approximate surface area is 86.6 Å². The molecule has 2 heterocycles. The summed E-state index contributed by atoms with van der Waals surface area (Å²) < 4.78 is 5.47. The van der Waals surface area contributed by atoms with Gasteiger partial charge in [-0.05, 0) is 31.7 Å². The van der Waals surface area contributed by atoms with Gasteiger partial charge >= 0.3 is 0 Å². The van der Waals surface area contributed by atoms with E-state index in [4.69, 9.17) is 10.5 Å². The summed E-state index contributed by atoms with van der Waals surface area (Å²) in [6.07, 6.45) is 3.66. The molecule has 3 unspecified atom stereocenters. The highest BCUT2D eigenvalue weighted by Crippen LogP contribution is 2.23. The molecule has 3 nitrogen and oxygen atoms in total. The molecule has 0 aromatic rings. The Kier molecular flexibility index (Phi) is 3.42. The quantitative estimate of drug-likeness (QED) is 0.678. The summed E-state index contributed by atoms with van der Waals surface area (Å²) in [6, 6.07) is 1.12. The standard InChI is InChI=1S/C11H22N2O/c1-9-8-14-6-4-11(9)13-5-2-3-10(12)7-13/h9-11H,2-8,12H2,1H3. The number of rotatable bonds is 1. The molecule has 0 radical (unpaired) electrons. The van der Waals surface area contributed by atoms with Crippen molar-refractivity contribution in [3.05, 3.63) is 0 Å². The topological polar surface area (TPSA) is 38.5 Å². The SMILES string of the molecule is CC1COCCC1N1CCCC(N)C1. The molecule has 2 rings (SSSR count). The van der Waals surface area contributed by atoms with Gasteiger partial charge in [0.25, 0.3) is 0 Å². The molecule has 0 bridgehead atoms. The molecule has 0 amide bonds. The fraction of sp³-hybridized carbons (Fsp3) is 1.00. The molecule has 0 aromatic carbocycles. The maximum atomic E-state index is 6.00. The van der Waals surface area contributed by atoms with Crippen LogP contribution >= 0.6 is 0 Å². The summed E-state index contributed by atoms with van der Waals surface area (Å²) in [7, 11) is 0. The van der Waals surface area contributed by atoms with Gasteiger partial charge < -0.3 is 10.5 Å². The van der Waals surface area contributed by atoms with Crippen LogP contribution in [0, 0.1) is 5.92 Å². The molecule has 82 valence electrons. The maximum absolute atomic E-state index is 6.00. The first-order valence-electron chi connectivity index (χ1n) is 5.85. The lowest BCUT2D eigenvalue weighted by Gasteiger charge is -2.42. The van der Waals surface area contributed by atoms with Gasteiger partial charge in [0.05, 0.1) is 6.61 Å². The first kappa shape index (κ1) is 10.4. The Morgan fingerprint density at radius 2 is 2.21 bits per heavy atom. The number of hydrogen-bond donors (Lipinski definition) is 1. The molecule has 2 fully saturated rings. The minimum Gasteiger partial charge on any atom is -0.381 e. The van der Waals surface area contributed by atoms with Gasteiger partial charge in [-0.25, -0.2) is 0 Å². The van der Waals surface area contributed by atoms with E-state index in [0.29, 0.717) is 12.0 Å². The average Bonchev–Trinajstić information content (AvgIpc) is 2.18. The van der Waals surface area contributed by atoms with Crippen molar-refractivity contribution in [2.75, 3.05) is 26.3 Å². The van der Waals surface area contributed by atoms with E-state index >= 15 is 0 Å². The summed E-state index contributed by atoms with van der Waals surface area (Å²) >= 11 is 0. The second kappa shape index (κ2) is 4.60. The molecule has 2 aliphatic rings. The average molecular weight is 198 g/mol. The molecule has 3 heteroatoms. The third-order valence-electron chi connectivity index (χ3n) is 3.55. The van der Waals surface area contributed by atoms with Crippen LogP contribution < -0.4 is 5.73 Å². The highest BCUT2D eigenvalue weighted by molar-refractivity contribution is 4.85. The fourth-order valence-electron chi connectivity index (χ4n) is 2.75. The van der Waals surface area contributed by atoms with E-state index in [2.05, 4.69) is 11.8 Å². The number of piperidine rings is 1. The van der Waals surface area contributed by atoms with Crippen LogP contribution in [0.2, 0.25) is 0 Å². The smallest absolute Gasteiger partial charge is 0.0506 e. The Morgan fingerprint density at radius 3 is 2.93 bits per heavy atom. The van der Waals surface area contributed by atoms with Gasteiger partial charge in [0.15, 0.2) is 0 Å². The second-order valence-corrected chi connectivity index (χ2v) is 4.81. The summed E-state index contributed by atoms with van der Waals surface area (Å²) in [5, 5.41) is 0. The number of ether oxygens (including phenoxy) is 1. The minimum atomic E-state index is 0.402. The lowest BCUT2D eigenvalue weighted by atomic mass is 9.93. The Balaban J connectivity index is 1.91. The highest BCUT2D eigenvalue weighted by Gasteiger charge is 2.30. The molecule has 14 heavy (non-hydrogen) atoms. The van der Waals surface area contributed by atoms with E-state index in [-0.39, 0.29) is 0 Å². The van der Waals surface area contributed by atoms with Gasteiger partial charge in [-0.3, -0.25) is 4.90 Å². The summed E-state index contributed by atoms with van der Waals surface area (Å²) in [6.45, 7) is 6.48. The summed E-state index contributed by atoms with van der Waals surface area (Å²) in [4.78, 5) is 2.58. The third kappa shape index (κ3) is 2.27. The molecule has 3 atom stereocenters. The van der Waals surface area contributed by atoms with Gasteiger partial charge in [0, 0.05) is 25.2 Å². The van der Waals surface area contributed by atoms with E-state index in [0.717, 1.165) is 25.8 Å². The Bertz CT molecular complexity index is 186. The molecule has 2 N–H and O–H groups in total. The van der Waals surface area contributed by atoms with E-state index in [1.165, 1.54) is 25.8 Å². The number of hydrogen-bond acceptors (Lipinski definition) is 3. The zero-order chi connectivity index (χ0) is 9.97. The maximum Gasteiger partial charge on any atom is 0.0506 e. The number of likely N-dealkylation sites (tertiary alicyclic amines) is 1. The van der Waals surface area contributed by atoms with Crippen molar-refractivity contribution in [1.29, 1.82) is 0 Å². The molecular weight excluding hydrogens is 176 g/mol. The van der Waals surface area contributed by atoms with Crippen LogP contribution in [0.4, 0.5) is 0 Å². The molecule has 0 saturated carbocycles. The molecular formula is C11H22N2O. The van der Waals surface area contributed by atoms with Gasteiger partial charge in [0.1, 0.15) is 0 Å². The first-order valence-corrected chi connectivity index (χ1v) is 5.85. The predicted molar refractivity (Wildman–Crippen MR) is 57.2 cm³/mol. The first-order chi connectivity index (χ1) is 6.77. The number of nitrogens with zero attached hydrogens (tertiary/aromatic N) is 1. The van der Waals surface area contributed by atoms with Crippen molar-refractivity contribution in [2.24, 2.45) is 11.7 Å². The predicted octanol–water partition coefficient (Wildman–Crippen LogP) is 0.835. The number of nitrogens with two attached hydrogens (primary N) is 1. The van der Waals surface area contributed by atoms with Gasteiger partial charge in [0.2, 0.25) is 0 Å². The van der Waals surface area contributed by atoms with Crippen LogP contribution in [0.1, 0.15) is 26.2 Å². The fourth-order valence-corrected chi connectivity index (χ4v) is 2.75. The molecule has 0 spiro atoms. The van der Waals surface area contributed by atoms with Crippen molar-refractivity contribution >= 4 is 0 Å². The Morgan fingerprint density at radius 1 is 1.36 bits per heavy atom. The van der Waals surface area contributed by atoms with Gasteiger partial charge in [-0.2, -0.15) is 0 Å².